The zero-order chi connectivity index (χ0) is 19.5. The van der Waals surface area contributed by atoms with Crippen molar-refractivity contribution in [1.82, 2.24) is 10.6 Å². The average molecular weight is 372 g/mol. The van der Waals surface area contributed by atoms with Gasteiger partial charge in [0.2, 0.25) is 11.8 Å². The monoisotopic (exact) mass is 372 g/mol. The molecule has 1 aromatic carbocycles. The third kappa shape index (κ3) is 6.89. The number of hydrogen-bond donors (Lipinski definition) is 2. The van der Waals surface area contributed by atoms with Crippen LogP contribution >= 0.6 is 0 Å². The molecule has 1 heterocycles. The van der Waals surface area contributed by atoms with Gasteiger partial charge in [-0.1, -0.05) is 6.07 Å². The molecule has 7 nitrogen and oxygen atoms in total. The van der Waals surface area contributed by atoms with Crippen LogP contribution in [-0.4, -0.2) is 39.1 Å². The summed E-state index contributed by atoms with van der Waals surface area (Å²) in [6.07, 6.45) is 5.35. The van der Waals surface area contributed by atoms with Crippen LogP contribution < -0.4 is 20.1 Å². The number of carbonyl (C=O) groups excluding carboxylic acids is 2. The number of ether oxygens (including phenoxy) is 2. The predicted molar refractivity (Wildman–Crippen MR) is 102 cm³/mol. The van der Waals surface area contributed by atoms with Crippen LogP contribution in [0.1, 0.15) is 17.7 Å². The van der Waals surface area contributed by atoms with E-state index in [2.05, 4.69) is 10.6 Å². The highest BCUT2D eigenvalue weighted by Gasteiger charge is 2.06. The van der Waals surface area contributed by atoms with Gasteiger partial charge in [-0.2, -0.15) is 0 Å². The predicted octanol–water partition coefficient (Wildman–Crippen LogP) is 2.18. The average Bonchev–Trinajstić information content (AvgIpc) is 3.20. The van der Waals surface area contributed by atoms with Gasteiger partial charge in [0.15, 0.2) is 11.5 Å². The summed E-state index contributed by atoms with van der Waals surface area (Å²) in [6.45, 7) is 0.768. The summed E-state index contributed by atoms with van der Waals surface area (Å²) < 4.78 is 15.5. The van der Waals surface area contributed by atoms with Crippen LogP contribution in [0.15, 0.2) is 47.1 Å². The molecular formula is C20H24N2O5. The van der Waals surface area contributed by atoms with E-state index < -0.39 is 0 Å². The molecule has 0 bridgehead atoms. The molecule has 2 aromatic rings. The van der Waals surface area contributed by atoms with Gasteiger partial charge in [-0.25, -0.2) is 0 Å². The number of amides is 2. The molecule has 0 aliphatic rings. The summed E-state index contributed by atoms with van der Waals surface area (Å²) in [7, 11) is 3.17. The second-order valence-electron chi connectivity index (χ2n) is 5.68. The highest BCUT2D eigenvalue weighted by molar-refractivity contribution is 5.91. The molecule has 0 unspecified atom stereocenters. The molecule has 7 heteroatoms. The van der Waals surface area contributed by atoms with Crippen LogP contribution in [0, 0.1) is 0 Å². The van der Waals surface area contributed by atoms with Gasteiger partial charge in [-0.15, -0.1) is 0 Å². The Morgan fingerprint density at radius 3 is 2.59 bits per heavy atom. The molecule has 2 N–H and O–H groups in total. The maximum Gasteiger partial charge on any atom is 0.244 e. The summed E-state index contributed by atoms with van der Waals surface area (Å²) in [5.74, 6) is 1.53. The largest absolute Gasteiger partial charge is 0.493 e. The first kappa shape index (κ1) is 20.1. The third-order valence-electron chi connectivity index (χ3n) is 3.78. The number of hydrogen-bond acceptors (Lipinski definition) is 5. The second-order valence-corrected chi connectivity index (χ2v) is 5.68. The van der Waals surface area contributed by atoms with Crippen molar-refractivity contribution in [2.75, 3.05) is 27.3 Å². The van der Waals surface area contributed by atoms with Crippen LogP contribution in [0.5, 0.6) is 11.5 Å². The van der Waals surface area contributed by atoms with Crippen molar-refractivity contribution in [3.63, 3.8) is 0 Å². The van der Waals surface area contributed by atoms with Crippen molar-refractivity contribution in [1.29, 1.82) is 0 Å². The zero-order valence-electron chi connectivity index (χ0n) is 15.5. The van der Waals surface area contributed by atoms with E-state index in [9.17, 15) is 9.59 Å². The lowest BCUT2D eigenvalue weighted by molar-refractivity contribution is -0.121. The lowest BCUT2D eigenvalue weighted by Crippen LogP contribution is -2.31. The van der Waals surface area contributed by atoms with E-state index in [4.69, 9.17) is 13.9 Å². The fourth-order valence-electron chi connectivity index (χ4n) is 2.37. The Bertz CT molecular complexity index is 769. The molecule has 27 heavy (non-hydrogen) atoms. The molecular weight excluding hydrogens is 348 g/mol. The number of nitrogens with one attached hydrogen (secondary N) is 2. The molecule has 0 aliphatic heterocycles. The first-order chi connectivity index (χ1) is 13.1. The van der Waals surface area contributed by atoms with Gasteiger partial charge in [0.05, 0.1) is 20.5 Å². The maximum atomic E-state index is 11.8. The molecule has 0 radical (unpaired) electrons. The molecule has 0 fully saturated rings. The summed E-state index contributed by atoms with van der Waals surface area (Å²) >= 11 is 0. The molecule has 0 spiro atoms. The number of methoxy groups -OCH3 is 2. The lowest BCUT2D eigenvalue weighted by Gasteiger charge is -2.10. The Morgan fingerprint density at radius 2 is 1.89 bits per heavy atom. The summed E-state index contributed by atoms with van der Waals surface area (Å²) in [6, 6.07) is 9.14. The summed E-state index contributed by atoms with van der Waals surface area (Å²) in [4.78, 5) is 23.5. The van der Waals surface area contributed by atoms with Gasteiger partial charge >= 0.3 is 0 Å². The molecule has 144 valence electrons. The van der Waals surface area contributed by atoms with Gasteiger partial charge in [-0.3, -0.25) is 9.59 Å². The van der Waals surface area contributed by atoms with Gasteiger partial charge in [-0.05, 0) is 42.3 Å². The first-order valence-corrected chi connectivity index (χ1v) is 8.59. The minimum absolute atomic E-state index is 0.120. The van der Waals surface area contributed by atoms with Crippen LogP contribution in [0.3, 0.4) is 0 Å². The number of rotatable bonds is 10. The Balaban J connectivity index is 1.64. The Morgan fingerprint density at radius 1 is 1.07 bits per heavy atom. The smallest absolute Gasteiger partial charge is 0.244 e. The van der Waals surface area contributed by atoms with Crippen LogP contribution in [0.2, 0.25) is 0 Å². The molecule has 1 aromatic heterocycles. The number of benzene rings is 1. The van der Waals surface area contributed by atoms with Gasteiger partial charge < -0.3 is 24.5 Å². The second kappa shape index (κ2) is 10.7. The van der Waals surface area contributed by atoms with Crippen molar-refractivity contribution in [3.05, 3.63) is 54.0 Å². The molecule has 0 saturated heterocycles. The summed E-state index contributed by atoms with van der Waals surface area (Å²) in [5, 5.41) is 5.48. The lowest BCUT2D eigenvalue weighted by atomic mass is 10.1. The molecule has 2 amide bonds. The molecule has 0 saturated carbocycles. The highest BCUT2D eigenvalue weighted by atomic mass is 16.5. The quantitative estimate of drug-likeness (QED) is 0.624. The van der Waals surface area contributed by atoms with E-state index in [1.54, 1.807) is 32.4 Å². The van der Waals surface area contributed by atoms with Crippen LogP contribution in [0.25, 0.3) is 6.08 Å². The van der Waals surface area contributed by atoms with Gasteiger partial charge in [0.1, 0.15) is 5.76 Å². The topological polar surface area (TPSA) is 89.8 Å². The van der Waals surface area contributed by atoms with E-state index in [1.807, 2.05) is 18.2 Å². The van der Waals surface area contributed by atoms with Crippen LogP contribution in [-0.2, 0) is 16.0 Å². The van der Waals surface area contributed by atoms with E-state index in [1.165, 1.54) is 12.3 Å². The van der Waals surface area contributed by atoms with Gasteiger partial charge in [0, 0.05) is 25.6 Å². The van der Waals surface area contributed by atoms with Crippen molar-refractivity contribution in [2.24, 2.45) is 0 Å². The van der Waals surface area contributed by atoms with E-state index >= 15 is 0 Å². The molecule has 2 rings (SSSR count). The number of carbonyl (C=O) groups is 2. The standard InChI is InChI=1S/C20H24N2O5/c1-25-17-7-5-15(14-18(17)26-2)9-11-21-20(24)10-12-22-19(23)8-6-16-4-3-13-27-16/h3-8,13-14H,9-12H2,1-2H3,(H,21,24)(H,22,23)/b8-6+. The van der Waals surface area contributed by atoms with E-state index in [0.29, 0.717) is 30.2 Å². The van der Waals surface area contributed by atoms with Gasteiger partial charge in [0.25, 0.3) is 0 Å². The van der Waals surface area contributed by atoms with Crippen molar-refractivity contribution < 1.29 is 23.5 Å². The van der Waals surface area contributed by atoms with E-state index in [-0.39, 0.29) is 24.8 Å². The third-order valence-corrected chi connectivity index (χ3v) is 3.78. The minimum atomic E-state index is -0.274. The Labute approximate surface area is 158 Å². The fraction of sp³-hybridized carbons (Fsp3) is 0.300. The Hall–Kier alpha value is -3.22. The van der Waals surface area contributed by atoms with Crippen molar-refractivity contribution >= 4 is 17.9 Å². The van der Waals surface area contributed by atoms with Crippen LogP contribution in [0.4, 0.5) is 0 Å². The number of furan rings is 1. The molecule has 0 atom stereocenters. The van der Waals surface area contributed by atoms with E-state index in [0.717, 1.165) is 5.56 Å². The normalized spacial score (nSPS) is 10.6. The SMILES string of the molecule is COc1ccc(CCNC(=O)CCNC(=O)/C=C/c2ccco2)cc1OC. The van der Waals surface area contributed by atoms with Crippen molar-refractivity contribution in [2.45, 2.75) is 12.8 Å². The minimum Gasteiger partial charge on any atom is -0.493 e. The molecule has 0 aliphatic carbocycles. The zero-order valence-corrected chi connectivity index (χ0v) is 15.5. The van der Waals surface area contributed by atoms with Crippen molar-refractivity contribution in [3.8, 4) is 11.5 Å². The highest BCUT2D eigenvalue weighted by Crippen LogP contribution is 2.27. The summed E-state index contributed by atoms with van der Waals surface area (Å²) in [5.41, 5.74) is 1.03. The Kier molecular flexibility index (Phi) is 7.96. The fourth-order valence-corrected chi connectivity index (χ4v) is 2.37. The maximum absolute atomic E-state index is 11.8. The first-order valence-electron chi connectivity index (χ1n) is 8.59.